The fourth-order valence-electron chi connectivity index (χ4n) is 6.26. The second kappa shape index (κ2) is 11.7. The van der Waals surface area contributed by atoms with Gasteiger partial charge in [0.2, 0.25) is 17.9 Å². The number of alkyl halides is 3. The minimum Gasteiger partial charge on any atom is -0.480 e. The Labute approximate surface area is 251 Å². The lowest BCUT2D eigenvalue weighted by Crippen LogP contribution is -2.41. The van der Waals surface area contributed by atoms with Crippen LogP contribution in [0.1, 0.15) is 48.6 Å². The Kier molecular flexibility index (Phi) is 7.97. The van der Waals surface area contributed by atoms with Crippen LogP contribution in [-0.2, 0) is 9.53 Å². The molecule has 0 bridgehead atoms. The van der Waals surface area contributed by atoms with Gasteiger partial charge in [0.1, 0.15) is 11.9 Å². The average Bonchev–Trinajstić information content (AvgIpc) is 3.62. The molecule has 2 aromatic heterocycles. The lowest BCUT2D eigenvalue weighted by atomic mass is 9.76. The Morgan fingerprint density at radius 2 is 2.02 bits per heavy atom. The van der Waals surface area contributed by atoms with E-state index < -0.39 is 24.3 Å². The van der Waals surface area contributed by atoms with Crippen LogP contribution in [0.25, 0.3) is 11.3 Å². The summed E-state index contributed by atoms with van der Waals surface area (Å²) in [7, 11) is 0. The van der Waals surface area contributed by atoms with Crippen molar-refractivity contribution in [3.63, 3.8) is 0 Å². The molecule has 2 saturated heterocycles. The summed E-state index contributed by atoms with van der Waals surface area (Å²) in [5.41, 5.74) is 8.35. The number of halogens is 3. The number of nitrogen functional groups attached to an aromatic ring is 1. The molecule has 44 heavy (non-hydrogen) atoms. The van der Waals surface area contributed by atoms with Gasteiger partial charge in [-0.1, -0.05) is 18.2 Å². The Hall–Kier alpha value is -4.17. The monoisotopic (exact) mass is 613 g/mol. The number of carboxylic acids is 1. The Bertz CT molecular complexity index is 1570. The zero-order chi connectivity index (χ0) is 31.1. The lowest BCUT2D eigenvalue weighted by molar-refractivity contribution is -0.198. The SMILES string of the molecule is Cc1ccn(-c2cc(C3=CCOCC3)ccc2[C@@H](Oc2cc(N3CCC4(CC3)CNC(C(=O)O)C4)nc(N)n2)C(F)(F)F)n1. The number of rotatable bonds is 7. The fraction of sp³-hybridized carbons (Fsp3) is 0.467. The van der Waals surface area contributed by atoms with Gasteiger partial charge in [-0.3, -0.25) is 4.79 Å². The van der Waals surface area contributed by atoms with Gasteiger partial charge in [0.15, 0.2) is 0 Å². The van der Waals surface area contributed by atoms with Crippen LogP contribution in [0.4, 0.5) is 24.9 Å². The van der Waals surface area contributed by atoms with Gasteiger partial charge in [-0.2, -0.15) is 28.2 Å². The Morgan fingerprint density at radius 1 is 1.23 bits per heavy atom. The molecule has 2 fully saturated rings. The van der Waals surface area contributed by atoms with Crippen molar-refractivity contribution in [2.75, 3.05) is 43.5 Å². The molecule has 3 aliphatic heterocycles. The summed E-state index contributed by atoms with van der Waals surface area (Å²) in [6.45, 7) is 4.42. The quantitative estimate of drug-likeness (QED) is 0.357. The minimum absolute atomic E-state index is 0.127. The molecule has 234 valence electrons. The van der Waals surface area contributed by atoms with E-state index in [1.165, 1.54) is 16.8 Å². The van der Waals surface area contributed by atoms with Crippen LogP contribution in [0.2, 0.25) is 0 Å². The summed E-state index contributed by atoms with van der Waals surface area (Å²) >= 11 is 0. The number of nitrogens with zero attached hydrogens (tertiary/aromatic N) is 5. The summed E-state index contributed by atoms with van der Waals surface area (Å²) < 4.78 is 56.7. The first-order valence-corrected chi connectivity index (χ1v) is 14.5. The summed E-state index contributed by atoms with van der Waals surface area (Å²) in [5.74, 6) is -1.02. The van der Waals surface area contributed by atoms with Gasteiger partial charge in [-0.25, -0.2) is 4.68 Å². The molecule has 1 spiro atoms. The molecule has 0 aliphatic carbocycles. The van der Waals surface area contributed by atoms with Crippen molar-refractivity contribution < 1.29 is 32.5 Å². The van der Waals surface area contributed by atoms with E-state index in [2.05, 4.69) is 20.4 Å². The molecule has 4 N–H and O–H groups in total. The highest BCUT2D eigenvalue weighted by atomic mass is 19.4. The number of ether oxygens (including phenoxy) is 2. The second-order valence-electron chi connectivity index (χ2n) is 11.7. The van der Waals surface area contributed by atoms with Crippen molar-refractivity contribution in [1.82, 2.24) is 25.1 Å². The number of nitrogens with one attached hydrogen (secondary N) is 1. The highest BCUT2D eigenvalue weighted by molar-refractivity contribution is 5.74. The number of anilines is 2. The topological polar surface area (TPSA) is 141 Å². The highest BCUT2D eigenvalue weighted by Crippen LogP contribution is 2.42. The van der Waals surface area contributed by atoms with Crippen LogP contribution in [-0.4, -0.2) is 75.9 Å². The van der Waals surface area contributed by atoms with Crippen LogP contribution in [0, 0.1) is 12.3 Å². The molecule has 0 amide bonds. The largest absolute Gasteiger partial charge is 0.480 e. The van der Waals surface area contributed by atoms with Crippen molar-refractivity contribution in [3.05, 3.63) is 59.4 Å². The number of piperidine rings is 1. The maximum absolute atomic E-state index is 14.7. The minimum atomic E-state index is -4.80. The van der Waals surface area contributed by atoms with E-state index in [0.29, 0.717) is 70.0 Å². The third-order valence-electron chi connectivity index (χ3n) is 8.67. The van der Waals surface area contributed by atoms with E-state index in [-0.39, 0.29) is 28.5 Å². The zero-order valence-electron chi connectivity index (χ0n) is 24.2. The number of benzene rings is 1. The van der Waals surface area contributed by atoms with Gasteiger partial charge >= 0.3 is 12.1 Å². The van der Waals surface area contributed by atoms with E-state index in [0.717, 1.165) is 11.1 Å². The molecule has 14 heteroatoms. The molecule has 6 rings (SSSR count). The van der Waals surface area contributed by atoms with Crippen molar-refractivity contribution in [1.29, 1.82) is 0 Å². The number of nitrogens with two attached hydrogens (primary N) is 1. The Morgan fingerprint density at radius 3 is 2.66 bits per heavy atom. The first-order chi connectivity index (χ1) is 21.0. The number of aliphatic carboxylic acids is 1. The van der Waals surface area contributed by atoms with E-state index in [9.17, 15) is 23.1 Å². The molecular formula is C30H34F3N7O4. The van der Waals surface area contributed by atoms with Gasteiger partial charge < -0.3 is 30.5 Å². The summed E-state index contributed by atoms with van der Waals surface area (Å²) in [6.07, 6.45) is -1.04. The maximum atomic E-state index is 14.7. The summed E-state index contributed by atoms with van der Waals surface area (Å²) in [6, 6.07) is 7.29. The Balaban J connectivity index is 1.29. The molecule has 3 aromatic rings. The first-order valence-electron chi connectivity index (χ1n) is 14.5. The number of carbonyl (C=O) groups is 1. The molecule has 2 atom stereocenters. The van der Waals surface area contributed by atoms with Gasteiger partial charge in [-0.05, 0) is 61.3 Å². The van der Waals surface area contributed by atoms with E-state index in [1.807, 2.05) is 11.0 Å². The third-order valence-corrected chi connectivity index (χ3v) is 8.67. The van der Waals surface area contributed by atoms with Gasteiger partial charge in [0.05, 0.1) is 24.6 Å². The normalized spacial score (nSPS) is 20.9. The van der Waals surface area contributed by atoms with Crippen molar-refractivity contribution >= 4 is 23.3 Å². The van der Waals surface area contributed by atoms with E-state index in [4.69, 9.17) is 15.2 Å². The zero-order valence-corrected chi connectivity index (χ0v) is 24.2. The van der Waals surface area contributed by atoms with E-state index >= 15 is 0 Å². The van der Waals surface area contributed by atoms with Crippen molar-refractivity contribution in [2.45, 2.75) is 50.9 Å². The molecular weight excluding hydrogens is 579 g/mol. The lowest BCUT2D eigenvalue weighted by Gasteiger charge is -2.39. The van der Waals surface area contributed by atoms with Gasteiger partial charge in [0, 0.05) is 37.5 Å². The fourth-order valence-corrected chi connectivity index (χ4v) is 6.26. The molecule has 5 heterocycles. The first kappa shape index (κ1) is 29.9. The molecule has 0 radical (unpaired) electrons. The van der Waals surface area contributed by atoms with Gasteiger partial charge in [-0.15, -0.1) is 0 Å². The second-order valence-corrected chi connectivity index (χ2v) is 11.7. The molecule has 0 saturated carbocycles. The van der Waals surface area contributed by atoms with Crippen molar-refractivity contribution in [2.24, 2.45) is 5.41 Å². The molecule has 3 aliphatic rings. The van der Waals surface area contributed by atoms with Gasteiger partial charge in [0.25, 0.3) is 0 Å². The van der Waals surface area contributed by atoms with Crippen LogP contribution in [0.5, 0.6) is 5.88 Å². The van der Waals surface area contributed by atoms with Crippen LogP contribution >= 0.6 is 0 Å². The summed E-state index contributed by atoms with van der Waals surface area (Å²) in [4.78, 5) is 21.6. The van der Waals surface area contributed by atoms with Crippen LogP contribution in [0.3, 0.4) is 0 Å². The average molecular weight is 614 g/mol. The number of hydrogen-bond acceptors (Lipinski definition) is 9. The standard InChI is InChI=1S/C30H34F3N7O4/c1-18-4-9-40(38-18)23-14-20(19-5-12-43-13-6-19)2-3-21(23)26(30(31,32)33)44-25-15-24(36-28(34)37-25)39-10-7-29(8-11-39)16-22(27(41)42)35-17-29/h2-5,9,14-15,22,26,35H,6-8,10-13,16-17H2,1H3,(H,41,42)(H2,34,36,37)/t22?,26-/m1/s1. The highest BCUT2D eigenvalue weighted by Gasteiger charge is 2.46. The number of aryl methyl sites for hydroxylation is 1. The molecule has 1 unspecified atom stereocenters. The van der Waals surface area contributed by atoms with Crippen LogP contribution in [0.15, 0.2) is 42.6 Å². The van der Waals surface area contributed by atoms with Crippen LogP contribution < -0.4 is 20.7 Å². The molecule has 11 nitrogen and oxygen atoms in total. The van der Waals surface area contributed by atoms with E-state index in [1.54, 1.807) is 31.3 Å². The smallest absolute Gasteiger partial charge is 0.429 e. The molecule has 1 aromatic carbocycles. The third kappa shape index (κ3) is 6.22. The number of hydrogen-bond donors (Lipinski definition) is 3. The predicted molar refractivity (Wildman–Crippen MR) is 156 cm³/mol. The maximum Gasteiger partial charge on any atom is 0.429 e. The summed E-state index contributed by atoms with van der Waals surface area (Å²) in [5, 5.41) is 16.8. The number of carboxylic acid groups (broad SMARTS) is 1. The van der Waals surface area contributed by atoms with Crippen molar-refractivity contribution in [3.8, 4) is 11.6 Å². The predicted octanol–water partition coefficient (Wildman–Crippen LogP) is 4.07. The number of aromatic nitrogens is 4.